The Morgan fingerprint density at radius 3 is 2.70 bits per heavy atom. The van der Waals surface area contributed by atoms with Gasteiger partial charge in [0, 0.05) is 35.1 Å². The Hall–Kier alpha value is -3.37. The first kappa shape index (κ1) is 26.7. The van der Waals surface area contributed by atoms with Crippen LogP contribution in [0.5, 0.6) is 0 Å². The third-order valence-corrected chi connectivity index (χ3v) is 7.15. The maximum atomic E-state index is 12.2. The van der Waals surface area contributed by atoms with E-state index in [0.717, 1.165) is 21.4 Å². The van der Waals surface area contributed by atoms with E-state index in [0.29, 0.717) is 16.5 Å². The topological polar surface area (TPSA) is 104 Å². The van der Waals surface area contributed by atoms with Gasteiger partial charge >= 0.3 is 6.09 Å². The first-order chi connectivity index (χ1) is 18.0. The number of thioether (sulfide) groups is 1. The molecule has 4 rings (SSSR count). The number of anilines is 1. The van der Waals surface area contributed by atoms with Gasteiger partial charge in [-0.2, -0.15) is 4.73 Å². The molecule has 3 aromatic rings. The molecule has 0 spiro atoms. The van der Waals surface area contributed by atoms with Gasteiger partial charge in [-0.3, -0.25) is 5.32 Å². The molecule has 2 N–H and O–H groups in total. The van der Waals surface area contributed by atoms with Crippen molar-refractivity contribution in [2.24, 2.45) is 5.92 Å². The third kappa shape index (κ3) is 6.90. The number of benzene rings is 2. The highest BCUT2D eigenvalue weighted by molar-refractivity contribution is 7.99. The summed E-state index contributed by atoms with van der Waals surface area (Å²) in [6.45, 7) is 5.68. The van der Waals surface area contributed by atoms with Crippen molar-refractivity contribution in [2.45, 2.75) is 37.1 Å². The lowest BCUT2D eigenvalue weighted by molar-refractivity contribution is -0.645. The number of hydrogen-bond donors (Lipinski definition) is 2. The molecule has 1 aromatic heterocycles. The van der Waals surface area contributed by atoms with E-state index in [-0.39, 0.29) is 31.3 Å². The normalized spacial score (nSPS) is 21.2. The lowest BCUT2D eigenvalue weighted by Crippen LogP contribution is -2.39. The fourth-order valence-corrected chi connectivity index (χ4v) is 5.13. The molecule has 194 valence electrons. The van der Waals surface area contributed by atoms with Crippen LogP contribution >= 0.6 is 11.8 Å². The van der Waals surface area contributed by atoms with Gasteiger partial charge in [0.15, 0.2) is 12.5 Å². The Labute approximate surface area is 220 Å². The largest absolute Gasteiger partial charge is 0.618 e. The fourth-order valence-electron chi connectivity index (χ4n) is 4.05. The Kier molecular flexibility index (Phi) is 9.19. The number of carbonyl (C=O) groups excluding carboxylic acids is 1. The molecule has 2 aromatic carbocycles. The van der Waals surface area contributed by atoms with Crippen molar-refractivity contribution in [3.63, 3.8) is 0 Å². The van der Waals surface area contributed by atoms with E-state index in [1.165, 1.54) is 24.0 Å². The molecule has 1 aliphatic heterocycles. The number of amides is 1. The Bertz CT molecular complexity index is 1210. The number of rotatable bonds is 9. The number of ether oxygens (including phenoxy) is 3. The maximum absolute atomic E-state index is 12.2. The standard InChI is InChI=1S/C28H30N2O6S/c1-3-15-34-28(32)29-23-8-6-7-22(16-23)27-35-24(18-37-25-9-4-5-14-30(25)33)19(2)26(36-27)21-12-10-20(17-31)11-13-21/h3-14,16,19,24,26-27,31H,1,15,17-18H2,2H3,(H,29,32)/t19-,24+,26+,27+/m1/s1. The zero-order valence-corrected chi connectivity index (χ0v) is 21.3. The molecule has 0 radical (unpaired) electrons. The highest BCUT2D eigenvalue weighted by Crippen LogP contribution is 2.43. The lowest BCUT2D eigenvalue weighted by Gasteiger charge is -2.41. The van der Waals surface area contributed by atoms with Crippen LogP contribution in [0.4, 0.5) is 10.5 Å². The highest BCUT2D eigenvalue weighted by Gasteiger charge is 2.38. The Morgan fingerprint density at radius 1 is 1.16 bits per heavy atom. The lowest BCUT2D eigenvalue weighted by atomic mass is 9.91. The van der Waals surface area contributed by atoms with Crippen LogP contribution in [0.25, 0.3) is 0 Å². The second kappa shape index (κ2) is 12.7. The Balaban J connectivity index is 1.57. The number of pyridine rings is 1. The molecule has 4 atom stereocenters. The minimum absolute atomic E-state index is 0.0253. The van der Waals surface area contributed by atoms with Gasteiger partial charge in [-0.05, 0) is 29.3 Å². The summed E-state index contributed by atoms with van der Waals surface area (Å²) in [6, 6.07) is 20.2. The predicted octanol–water partition coefficient (Wildman–Crippen LogP) is 5.13. The third-order valence-electron chi connectivity index (χ3n) is 6.04. The van der Waals surface area contributed by atoms with Crippen molar-refractivity contribution < 1.29 is 28.8 Å². The van der Waals surface area contributed by atoms with Crippen molar-refractivity contribution in [3.05, 3.63) is 107 Å². The number of carbonyl (C=O) groups is 1. The van der Waals surface area contributed by atoms with Gasteiger partial charge in [0.2, 0.25) is 0 Å². The van der Waals surface area contributed by atoms with Crippen molar-refractivity contribution in [1.29, 1.82) is 0 Å². The van der Waals surface area contributed by atoms with Crippen LogP contribution in [0.15, 0.2) is 90.6 Å². The predicted molar refractivity (Wildman–Crippen MR) is 141 cm³/mol. The summed E-state index contributed by atoms with van der Waals surface area (Å²) < 4.78 is 18.7. The summed E-state index contributed by atoms with van der Waals surface area (Å²) in [7, 11) is 0. The molecule has 0 unspecified atom stereocenters. The summed E-state index contributed by atoms with van der Waals surface area (Å²) in [5, 5.41) is 24.9. The van der Waals surface area contributed by atoms with Gasteiger partial charge < -0.3 is 24.5 Å². The van der Waals surface area contributed by atoms with Gasteiger partial charge in [-0.15, -0.1) is 0 Å². The first-order valence-electron chi connectivity index (χ1n) is 11.9. The molecule has 0 aliphatic carbocycles. The molecule has 1 fully saturated rings. The van der Waals surface area contributed by atoms with Crippen molar-refractivity contribution in [1.82, 2.24) is 0 Å². The van der Waals surface area contributed by atoms with Crippen LogP contribution in [-0.2, 0) is 20.8 Å². The number of hydrogen-bond acceptors (Lipinski definition) is 7. The molecule has 9 heteroatoms. The average molecular weight is 523 g/mol. The van der Waals surface area contributed by atoms with E-state index in [4.69, 9.17) is 14.2 Å². The van der Waals surface area contributed by atoms with Crippen molar-refractivity contribution in [3.8, 4) is 0 Å². The van der Waals surface area contributed by atoms with Crippen LogP contribution in [0, 0.1) is 11.1 Å². The van der Waals surface area contributed by atoms with E-state index in [1.54, 1.807) is 24.3 Å². The minimum atomic E-state index is -0.703. The van der Waals surface area contributed by atoms with Crippen molar-refractivity contribution >= 4 is 23.5 Å². The second-order valence-corrected chi connectivity index (χ2v) is 9.68. The van der Waals surface area contributed by atoms with Gasteiger partial charge in [0.1, 0.15) is 6.61 Å². The molecule has 1 saturated heterocycles. The molecule has 2 heterocycles. The zero-order chi connectivity index (χ0) is 26.2. The SMILES string of the molecule is C=CCOC(=O)Nc1cccc([C@H]2O[C@@H](CSc3cccc[n+]3[O-])[C@@H](C)[C@@H](c3ccc(CO)cc3)O2)c1. The first-order valence-corrected chi connectivity index (χ1v) is 12.9. The number of aromatic nitrogens is 1. The van der Waals surface area contributed by atoms with Crippen LogP contribution in [0.3, 0.4) is 0 Å². The fraction of sp³-hybridized carbons (Fsp3) is 0.286. The summed E-state index contributed by atoms with van der Waals surface area (Å²) in [6.07, 6.45) is 1.16. The number of aliphatic hydroxyl groups excluding tert-OH is 1. The molecule has 0 bridgehead atoms. The molecule has 1 amide bonds. The quantitative estimate of drug-likeness (QED) is 0.174. The molecular formula is C28H30N2O6S. The van der Waals surface area contributed by atoms with E-state index in [2.05, 4.69) is 18.8 Å². The summed E-state index contributed by atoms with van der Waals surface area (Å²) >= 11 is 1.43. The van der Waals surface area contributed by atoms with Gasteiger partial charge in [0.05, 0.1) is 18.8 Å². The number of nitrogens with one attached hydrogen (secondary N) is 1. The van der Waals surface area contributed by atoms with Gasteiger partial charge in [-0.1, -0.05) is 67.7 Å². The second-order valence-electron chi connectivity index (χ2n) is 8.64. The van der Waals surface area contributed by atoms with Crippen LogP contribution in [0.2, 0.25) is 0 Å². The van der Waals surface area contributed by atoms with E-state index in [1.807, 2.05) is 42.5 Å². The van der Waals surface area contributed by atoms with Crippen LogP contribution < -0.4 is 10.0 Å². The average Bonchev–Trinajstić information content (AvgIpc) is 2.92. The number of aliphatic hydroxyl groups is 1. The summed E-state index contributed by atoms with van der Waals surface area (Å²) in [5.41, 5.74) is 3.06. The highest BCUT2D eigenvalue weighted by atomic mass is 32.2. The van der Waals surface area contributed by atoms with Crippen molar-refractivity contribution in [2.75, 3.05) is 17.7 Å². The summed E-state index contributed by atoms with van der Waals surface area (Å²) in [4.78, 5) is 12.0. The van der Waals surface area contributed by atoms with Crippen LogP contribution in [-0.4, -0.2) is 29.7 Å². The minimum Gasteiger partial charge on any atom is -0.618 e. The molecular weight excluding hydrogens is 492 g/mol. The van der Waals surface area contributed by atoms with Crippen LogP contribution in [0.1, 0.15) is 36.0 Å². The monoisotopic (exact) mass is 522 g/mol. The molecule has 0 saturated carbocycles. The molecule has 8 nitrogen and oxygen atoms in total. The van der Waals surface area contributed by atoms with E-state index < -0.39 is 12.4 Å². The summed E-state index contributed by atoms with van der Waals surface area (Å²) in [5.74, 6) is 0.521. The Morgan fingerprint density at radius 2 is 1.97 bits per heavy atom. The smallest absolute Gasteiger partial charge is 0.411 e. The van der Waals surface area contributed by atoms with E-state index in [9.17, 15) is 15.1 Å². The molecule has 1 aliphatic rings. The maximum Gasteiger partial charge on any atom is 0.411 e. The zero-order valence-electron chi connectivity index (χ0n) is 20.5. The van der Waals surface area contributed by atoms with E-state index >= 15 is 0 Å². The van der Waals surface area contributed by atoms with Gasteiger partial charge in [0.25, 0.3) is 5.03 Å². The molecule has 37 heavy (non-hydrogen) atoms. The number of nitrogens with zero attached hydrogens (tertiary/aromatic N) is 1. The van der Waals surface area contributed by atoms with Gasteiger partial charge in [-0.25, -0.2) is 4.79 Å².